The second-order valence-corrected chi connectivity index (χ2v) is 10.7. The Morgan fingerprint density at radius 2 is 1.16 bits per heavy atom. The lowest BCUT2D eigenvalue weighted by Crippen LogP contribution is -2.56. The topological polar surface area (TPSA) is 20.2 Å². The summed E-state index contributed by atoms with van der Waals surface area (Å²) in [5.74, 6) is 2.00. The molecule has 0 aromatic heterocycles. The molecule has 25 heavy (non-hydrogen) atoms. The van der Waals surface area contributed by atoms with Crippen LogP contribution in [0.5, 0.6) is 0 Å². The minimum atomic E-state index is -0.334. The van der Waals surface area contributed by atoms with Gasteiger partial charge in [0.25, 0.3) is 0 Å². The van der Waals surface area contributed by atoms with Gasteiger partial charge in [0.05, 0.1) is 31.8 Å². The molecule has 2 saturated carbocycles. The van der Waals surface area contributed by atoms with E-state index >= 15 is 0 Å². The summed E-state index contributed by atoms with van der Waals surface area (Å²) in [7, 11) is 4.93. The van der Waals surface area contributed by atoms with Gasteiger partial charge in [-0.15, -0.1) is 0 Å². The minimum Gasteiger partial charge on any atom is -0.389 e. The first-order valence-electron chi connectivity index (χ1n) is 11.6. The van der Waals surface area contributed by atoms with Crippen molar-refractivity contribution in [2.45, 2.75) is 114 Å². The van der Waals surface area contributed by atoms with Crippen LogP contribution in [0.25, 0.3) is 0 Å². The summed E-state index contributed by atoms with van der Waals surface area (Å²) in [5.41, 5.74) is -0.334. The van der Waals surface area contributed by atoms with Crippen molar-refractivity contribution in [2.75, 3.05) is 14.1 Å². The Labute approximate surface area is 156 Å². The zero-order valence-electron chi connectivity index (χ0n) is 16.9. The largest absolute Gasteiger partial charge is 0.389 e. The van der Waals surface area contributed by atoms with Crippen LogP contribution in [-0.4, -0.2) is 41.4 Å². The van der Waals surface area contributed by atoms with Crippen molar-refractivity contribution < 1.29 is 9.59 Å². The smallest absolute Gasteiger partial charge is 0.0893 e. The summed E-state index contributed by atoms with van der Waals surface area (Å²) in [5, 5.41) is 12.1. The molecule has 2 saturated heterocycles. The molecule has 2 unspecified atom stereocenters. The Bertz CT molecular complexity index is 413. The van der Waals surface area contributed by atoms with E-state index in [-0.39, 0.29) is 5.60 Å². The molecule has 2 heterocycles. The van der Waals surface area contributed by atoms with E-state index in [0.29, 0.717) is 11.8 Å². The Balaban J connectivity index is 1.50. The zero-order chi connectivity index (χ0) is 17.5. The number of piperidine rings is 1. The lowest BCUT2D eigenvalue weighted by atomic mass is 9.62. The van der Waals surface area contributed by atoms with Crippen molar-refractivity contribution >= 4 is 0 Å². The maximum absolute atomic E-state index is 12.1. The first-order valence-corrected chi connectivity index (χ1v) is 11.6. The number of nitrogens with zero attached hydrogens (tertiary/aromatic N) is 1. The van der Waals surface area contributed by atoms with E-state index in [9.17, 15) is 5.11 Å². The molecular formula is C23H42NO+. The van der Waals surface area contributed by atoms with Crippen LogP contribution in [0.15, 0.2) is 0 Å². The fourth-order valence-electron chi connectivity index (χ4n) is 7.49. The fraction of sp³-hybridized carbons (Fsp3) is 1.00. The average Bonchev–Trinajstić information content (AvgIpc) is 2.80. The van der Waals surface area contributed by atoms with Crippen LogP contribution in [0.3, 0.4) is 0 Å². The number of fused-ring (bicyclic) bond motifs is 2. The SMILES string of the molecule is C[N+]1(C)C2CCC1CC(CC(O)(C1CCCCC1)C1CCCCC1)C2. The highest BCUT2D eigenvalue weighted by Crippen LogP contribution is 2.50. The van der Waals surface area contributed by atoms with Crippen LogP contribution in [0.2, 0.25) is 0 Å². The van der Waals surface area contributed by atoms with Crippen LogP contribution in [0, 0.1) is 17.8 Å². The van der Waals surface area contributed by atoms with Crippen molar-refractivity contribution in [2.24, 2.45) is 17.8 Å². The van der Waals surface area contributed by atoms with Gasteiger partial charge in [-0.2, -0.15) is 0 Å². The van der Waals surface area contributed by atoms with Crippen LogP contribution >= 0.6 is 0 Å². The minimum absolute atomic E-state index is 0.334. The number of hydrogen-bond acceptors (Lipinski definition) is 1. The summed E-state index contributed by atoms with van der Waals surface area (Å²) in [4.78, 5) is 0. The van der Waals surface area contributed by atoms with E-state index in [4.69, 9.17) is 0 Å². The van der Waals surface area contributed by atoms with E-state index in [0.717, 1.165) is 24.4 Å². The van der Waals surface area contributed by atoms with Crippen molar-refractivity contribution in [1.29, 1.82) is 0 Å². The van der Waals surface area contributed by atoms with E-state index in [2.05, 4.69) is 14.1 Å². The number of aliphatic hydroxyl groups is 1. The molecule has 2 atom stereocenters. The van der Waals surface area contributed by atoms with Gasteiger partial charge < -0.3 is 9.59 Å². The van der Waals surface area contributed by atoms with Gasteiger partial charge in [0, 0.05) is 25.7 Å². The zero-order valence-corrected chi connectivity index (χ0v) is 16.9. The summed E-state index contributed by atoms with van der Waals surface area (Å²) in [6.45, 7) is 0. The maximum atomic E-state index is 12.1. The van der Waals surface area contributed by atoms with Crippen LogP contribution < -0.4 is 0 Å². The van der Waals surface area contributed by atoms with Gasteiger partial charge in [0.15, 0.2) is 0 Å². The lowest BCUT2D eigenvalue weighted by molar-refractivity contribution is -0.931. The van der Waals surface area contributed by atoms with Gasteiger partial charge in [0.1, 0.15) is 0 Å². The van der Waals surface area contributed by atoms with Gasteiger partial charge in [-0.1, -0.05) is 38.5 Å². The van der Waals surface area contributed by atoms with E-state index in [1.54, 1.807) is 0 Å². The third kappa shape index (κ3) is 3.43. The molecule has 2 heteroatoms. The van der Waals surface area contributed by atoms with E-state index in [1.165, 1.54) is 94.4 Å². The molecule has 2 bridgehead atoms. The lowest BCUT2D eigenvalue weighted by Gasteiger charge is -2.50. The molecule has 0 radical (unpaired) electrons. The molecule has 0 aromatic carbocycles. The molecule has 1 N–H and O–H groups in total. The number of hydrogen-bond donors (Lipinski definition) is 1. The molecule has 4 fully saturated rings. The molecule has 0 spiro atoms. The van der Waals surface area contributed by atoms with Crippen LogP contribution in [0.4, 0.5) is 0 Å². The molecule has 4 aliphatic rings. The Morgan fingerprint density at radius 1 is 0.720 bits per heavy atom. The molecule has 4 rings (SSSR count). The standard InChI is InChI=1S/C23H42NO/c1-24(2)21-13-14-22(24)16-18(15-21)17-23(25,19-9-5-3-6-10-19)20-11-7-4-8-12-20/h18-22,25H,3-17H2,1-2H3/q+1. The second kappa shape index (κ2) is 7.15. The monoisotopic (exact) mass is 348 g/mol. The summed E-state index contributed by atoms with van der Waals surface area (Å²) >= 11 is 0. The van der Waals surface area contributed by atoms with Gasteiger partial charge in [-0.05, 0) is 49.9 Å². The van der Waals surface area contributed by atoms with Gasteiger partial charge >= 0.3 is 0 Å². The quantitative estimate of drug-likeness (QED) is 0.685. The van der Waals surface area contributed by atoms with Crippen LogP contribution in [0.1, 0.15) is 96.3 Å². The molecular weight excluding hydrogens is 306 g/mol. The van der Waals surface area contributed by atoms with E-state index < -0.39 is 0 Å². The number of rotatable bonds is 4. The summed E-state index contributed by atoms with van der Waals surface area (Å²) < 4.78 is 1.27. The average molecular weight is 349 g/mol. The summed E-state index contributed by atoms with van der Waals surface area (Å²) in [6.07, 6.45) is 20.2. The fourth-order valence-corrected chi connectivity index (χ4v) is 7.49. The van der Waals surface area contributed by atoms with Gasteiger partial charge in [-0.25, -0.2) is 0 Å². The molecule has 144 valence electrons. The third-order valence-electron chi connectivity index (χ3n) is 9.17. The molecule has 2 nitrogen and oxygen atoms in total. The summed E-state index contributed by atoms with van der Waals surface area (Å²) in [6, 6.07) is 1.73. The van der Waals surface area contributed by atoms with Gasteiger partial charge in [-0.3, -0.25) is 0 Å². The first-order chi connectivity index (χ1) is 12.0. The molecule has 2 aliphatic heterocycles. The van der Waals surface area contributed by atoms with Crippen molar-refractivity contribution in [3.63, 3.8) is 0 Å². The number of quaternary nitrogens is 1. The maximum Gasteiger partial charge on any atom is 0.0893 e. The predicted octanol–water partition coefficient (Wildman–Crippen LogP) is 5.29. The van der Waals surface area contributed by atoms with Crippen molar-refractivity contribution in [1.82, 2.24) is 0 Å². The van der Waals surface area contributed by atoms with E-state index in [1.807, 2.05) is 0 Å². The Hall–Kier alpha value is -0.0800. The Morgan fingerprint density at radius 3 is 1.60 bits per heavy atom. The predicted molar refractivity (Wildman–Crippen MR) is 104 cm³/mol. The van der Waals surface area contributed by atoms with Crippen LogP contribution in [-0.2, 0) is 0 Å². The second-order valence-electron chi connectivity index (χ2n) is 10.7. The normalized spacial score (nSPS) is 37.3. The molecule has 0 amide bonds. The van der Waals surface area contributed by atoms with Gasteiger partial charge in [0.2, 0.25) is 0 Å². The molecule has 2 aliphatic carbocycles. The van der Waals surface area contributed by atoms with Crippen molar-refractivity contribution in [3.05, 3.63) is 0 Å². The highest BCUT2D eigenvalue weighted by molar-refractivity contribution is 4.98. The first kappa shape index (κ1) is 18.3. The molecule has 0 aromatic rings. The third-order valence-corrected chi connectivity index (χ3v) is 9.17. The highest BCUT2D eigenvalue weighted by Gasteiger charge is 2.52. The van der Waals surface area contributed by atoms with Crippen molar-refractivity contribution in [3.8, 4) is 0 Å². The highest BCUT2D eigenvalue weighted by atomic mass is 16.3. The Kier molecular flexibility index (Phi) is 5.23.